The van der Waals surface area contributed by atoms with Crippen molar-refractivity contribution in [2.45, 2.75) is 70.1 Å². The van der Waals surface area contributed by atoms with E-state index in [1.807, 2.05) is 24.3 Å². The number of carbonyl (C=O) groups excluding carboxylic acids is 2. The summed E-state index contributed by atoms with van der Waals surface area (Å²) in [6, 6.07) is 22.4. The standard InChI is InChI=1S/C32H35F2NO2/c33-32(34)22-28(15-18-30(32)36)31(37)35(20-19-25-11-14-26-7-3-4-8-27(26)21-25)29-16-12-24(13-17-29)10-9-23-5-1-2-6-23/h3-4,7-8,11-14,16-17,21,23,28H,1-2,5-6,9-10,15,18-20,22H2/t28-/m1/s1. The molecule has 2 aliphatic rings. The van der Waals surface area contributed by atoms with Crippen molar-refractivity contribution in [1.29, 1.82) is 0 Å². The van der Waals surface area contributed by atoms with Crippen molar-refractivity contribution in [3.63, 3.8) is 0 Å². The Labute approximate surface area is 217 Å². The maximum Gasteiger partial charge on any atom is 0.306 e. The molecule has 0 bridgehead atoms. The first-order valence-electron chi connectivity index (χ1n) is 13.7. The van der Waals surface area contributed by atoms with Gasteiger partial charge >= 0.3 is 5.92 Å². The Morgan fingerprint density at radius 2 is 1.57 bits per heavy atom. The van der Waals surface area contributed by atoms with E-state index in [4.69, 9.17) is 0 Å². The summed E-state index contributed by atoms with van der Waals surface area (Å²) in [5.74, 6) is -4.83. The monoisotopic (exact) mass is 503 g/mol. The molecule has 0 N–H and O–H groups in total. The quantitative estimate of drug-likeness (QED) is 0.318. The number of benzene rings is 3. The molecule has 3 aromatic rings. The molecule has 0 spiro atoms. The molecule has 0 heterocycles. The van der Waals surface area contributed by atoms with Crippen molar-refractivity contribution < 1.29 is 18.4 Å². The lowest BCUT2D eigenvalue weighted by Crippen LogP contribution is -2.44. The van der Waals surface area contributed by atoms with Gasteiger partial charge in [0.05, 0.1) is 0 Å². The number of aryl methyl sites for hydroxylation is 1. The summed E-state index contributed by atoms with van der Waals surface area (Å²) >= 11 is 0. The van der Waals surface area contributed by atoms with Gasteiger partial charge in [0.2, 0.25) is 11.7 Å². The van der Waals surface area contributed by atoms with Crippen LogP contribution in [0.5, 0.6) is 0 Å². The van der Waals surface area contributed by atoms with E-state index in [9.17, 15) is 18.4 Å². The van der Waals surface area contributed by atoms with Crippen LogP contribution in [-0.4, -0.2) is 24.2 Å². The second-order valence-electron chi connectivity index (χ2n) is 10.8. The fourth-order valence-corrected chi connectivity index (χ4v) is 5.96. The molecule has 3 nitrogen and oxygen atoms in total. The lowest BCUT2D eigenvalue weighted by atomic mass is 9.84. The third kappa shape index (κ3) is 6.08. The van der Waals surface area contributed by atoms with Crippen molar-refractivity contribution in [3.8, 4) is 0 Å². The molecule has 2 saturated carbocycles. The molecule has 194 valence electrons. The van der Waals surface area contributed by atoms with Gasteiger partial charge < -0.3 is 4.90 Å². The Hall–Kier alpha value is -3.08. The van der Waals surface area contributed by atoms with Crippen molar-refractivity contribution in [3.05, 3.63) is 77.9 Å². The molecule has 3 aromatic carbocycles. The average molecular weight is 504 g/mol. The van der Waals surface area contributed by atoms with E-state index in [2.05, 4.69) is 42.5 Å². The van der Waals surface area contributed by atoms with Gasteiger partial charge in [0.1, 0.15) is 0 Å². The number of amides is 1. The highest BCUT2D eigenvalue weighted by molar-refractivity contribution is 5.97. The molecule has 1 atom stereocenters. The topological polar surface area (TPSA) is 37.4 Å². The zero-order valence-electron chi connectivity index (χ0n) is 21.3. The first-order chi connectivity index (χ1) is 17.9. The molecule has 0 saturated heterocycles. The molecule has 5 rings (SSSR count). The van der Waals surface area contributed by atoms with E-state index in [-0.39, 0.29) is 18.7 Å². The zero-order valence-corrected chi connectivity index (χ0v) is 21.3. The van der Waals surface area contributed by atoms with E-state index in [1.165, 1.54) is 37.7 Å². The molecule has 37 heavy (non-hydrogen) atoms. The molecule has 0 aliphatic heterocycles. The number of alkyl halides is 2. The first kappa shape index (κ1) is 25.6. The van der Waals surface area contributed by atoms with Crippen LogP contribution in [0.25, 0.3) is 10.8 Å². The Kier molecular flexibility index (Phi) is 7.68. The maximum absolute atomic E-state index is 14.2. The SMILES string of the molecule is O=C([C@@H]1CCC(=O)C(F)(F)C1)N(CCc1ccc2ccccc2c1)c1ccc(CCC2CCCC2)cc1. The molecule has 0 aromatic heterocycles. The molecule has 0 unspecified atom stereocenters. The second-order valence-corrected chi connectivity index (χ2v) is 10.8. The second kappa shape index (κ2) is 11.1. The zero-order chi connectivity index (χ0) is 25.8. The minimum absolute atomic E-state index is 0.180. The lowest BCUT2D eigenvalue weighted by Gasteiger charge is -2.32. The van der Waals surface area contributed by atoms with Crippen molar-refractivity contribution in [2.75, 3.05) is 11.4 Å². The number of halogens is 2. The number of hydrogen-bond donors (Lipinski definition) is 0. The smallest absolute Gasteiger partial charge is 0.306 e. The van der Waals surface area contributed by atoms with Gasteiger partial charge in [-0.25, -0.2) is 0 Å². The van der Waals surface area contributed by atoms with E-state index < -0.39 is 24.0 Å². The average Bonchev–Trinajstić information content (AvgIpc) is 3.43. The molecular weight excluding hydrogens is 468 g/mol. The summed E-state index contributed by atoms with van der Waals surface area (Å²) < 4.78 is 28.4. The maximum atomic E-state index is 14.2. The van der Waals surface area contributed by atoms with Gasteiger partial charge in [-0.15, -0.1) is 0 Å². The van der Waals surface area contributed by atoms with Crippen molar-refractivity contribution in [2.24, 2.45) is 11.8 Å². The highest BCUT2D eigenvalue weighted by Gasteiger charge is 2.47. The van der Waals surface area contributed by atoms with E-state index in [0.29, 0.717) is 13.0 Å². The number of Topliss-reactive ketones (excluding diaryl/α,β-unsaturated/α-hetero) is 1. The Bertz CT molecular complexity index is 1250. The van der Waals surface area contributed by atoms with E-state index >= 15 is 0 Å². The van der Waals surface area contributed by atoms with Gasteiger partial charge in [-0.05, 0) is 65.6 Å². The van der Waals surface area contributed by atoms with Gasteiger partial charge in [0, 0.05) is 31.0 Å². The fourth-order valence-electron chi connectivity index (χ4n) is 5.96. The van der Waals surface area contributed by atoms with Crippen LogP contribution in [0.15, 0.2) is 66.7 Å². The van der Waals surface area contributed by atoms with Crippen LogP contribution < -0.4 is 4.90 Å². The molecule has 2 aliphatic carbocycles. The van der Waals surface area contributed by atoms with Gasteiger partial charge in [-0.1, -0.05) is 80.3 Å². The van der Waals surface area contributed by atoms with E-state index in [0.717, 1.165) is 34.4 Å². The number of fused-ring (bicyclic) bond motifs is 1. The third-order valence-electron chi connectivity index (χ3n) is 8.25. The number of rotatable bonds is 8. The largest absolute Gasteiger partial charge is 0.312 e. The highest BCUT2D eigenvalue weighted by Crippen LogP contribution is 2.36. The molecule has 0 radical (unpaired) electrons. The normalized spacial score (nSPS) is 19.8. The predicted octanol–water partition coefficient (Wildman–Crippen LogP) is 7.54. The molecule has 2 fully saturated rings. The predicted molar refractivity (Wildman–Crippen MR) is 144 cm³/mol. The van der Waals surface area contributed by atoms with Crippen LogP contribution in [0.1, 0.15) is 62.5 Å². The van der Waals surface area contributed by atoms with Crippen molar-refractivity contribution in [1.82, 2.24) is 0 Å². The summed E-state index contributed by atoms with van der Waals surface area (Å²) in [6.45, 7) is 0.397. The molecular formula is C32H35F2NO2. The number of hydrogen-bond acceptors (Lipinski definition) is 2. The Balaban J connectivity index is 1.33. The van der Waals surface area contributed by atoms with Gasteiger partial charge in [-0.2, -0.15) is 8.78 Å². The van der Waals surface area contributed by atoms with Gasteiger partial charge in [-0.3, -0.25) is 9.59 Å². The third-order valence-corrected chi connectivity index (χ3v) is 8.25. The number of nitrogens with zero attached hydrogens (tertiary/aromatic N) is 1. The van der Waals surface area contributed by atoms with Crippen LogP contribution in [-0.2, 0) is 22.4 Å². The summed E-state index contributed by atoms with van der Waals surface area (Å²) in [5, 5.41) is 2.29. The van der Waals surface area contributed by atoms with Crippen LogP contribution >= 0.6 is 0 Å². The van der Waals surface area contributed by atoms with Gasteiger partial charge in [0.15, 0.2) is 0 Å². The Morgan fingerprint density at radius 1 is 0.865 bits per heavy atom. The molecule has 5 heteroatoms. The Morgan fingerprint density at radius 3 is 2.30 bits per heavy atom. The summed E-state index contributed by atoms with van der Waals surface area (Å²) in [5.41, 5.74) is 3.07. The minimum atomic E-state index is -3.42. The lowest BCUT2D eigenvalue weighted by molar-refractivity contribution is -0.152. The number of anilines is 1. The van der Waals surface area contributed by atoms with Crippen LogP contribution in [0.4, 0.5) is 14.5 Å². The number of ketones is 1. The summed E-state index contributed by atoms with van der Waals surface area (Å²) in [4.78, 5) is 26.9. The summed E-state index contributed by atoms with van der Waals surface area (Å²) in [7, 11) is 0. The minimum Gasteiger partial charge on any atom is -0.312 e. The van der Waals surface area contributed by atoms with Crippen LogP contribution in [0, 0.1) is 11.8 Å². The van der Waals surface area contributed by atoms with Crippen molar-refractivity contribution >= 4 is 28.2 Å². The fraction of sp³-hybridized carbons (Fsp3) is 0.438. The van der Waals surface area contributed by atoms with Crippen LogP contribution in [0.3, 0.4) is 0 Å². The first-order valence-corrected chi connectivity index (χ1v) is 13.7. The molecule has 1 amide bonds. The van der Waals surface area contributed by atoms with Crippen LogP contribution in [0.2, 0.25) is 0 Å². The van der Waals surface area contributed by atoms with Gasteiger partial charge in [0.25, 0.3) is 0 Å². The highest BCUT2D eigenvalue weighted by atomic mass is 19.3. The summed E-state index contributed by atoms with van der Waals surface area (Å²) in [6.07, 6.45) is 7.38. The number of carbonyl (C=O) groups is 2. The van der Waals surface area contributed by atoms with E-state index in [1.54, 1.807) is 4.90 Å².